The smallest absolute Gasteiger partial charge is 0.250 e. The van der Waals surface area contributed by atoms with Crippen molar-refractivity contribution in [1.29, 1.82) is 0 Å². The molecule has 0 saturated heterocycles. The van der Waals surface area contributed by atoms with Gasteiger partial charge >= 0.3 is 0 Å². The van der Waals surface area contributed by atoms with Gasteiger partial charge < -0.3 is 15.7 Å². The number of amides is 1. The van der Waals surface area contributed by atoms with E-state index in [0.29, 0.717) is 5.56 Å². The number of aromatic nitrogens is 3. The molecule has 0 spiro atoms. The normalized spacial score (nSPS) is 11.3. The molecule has 2 aromatic carbocycles. The number of primary amides is 1. The van der Waals surface area contributed by atoms with Crippen molar-refractivity contribution in [2.75, 3.05) is 0 Å². The van der Waals surface area contributed by atoms with E-state index in [9.17, 15) is 4.79 Å². The van der Waals surface area contributed by atoms with Gasteiger partial charge in [0.2, 0.25) is 0 Å². The molecule has 0 saturated carbocycles. The zero-order valence-corrected chi connectivity index (χ0v) is 15.3. The molecule has 136 valence electrons. The molecule has 0 bridgehead atoms. The lowest BCUT2D eigenvalue weighted by atomic mass is 9.97. The summed E-state index contributed by atoms with van der Waals surface area (Å²) < 4.78 is 0. The number of nitrogens with one attached hydrogen (secondary N) is 2. The summed E-state index contributed by atoms with van der Waals surface area (Å²) in [6.07, 6.45) is 3.60. The molecule has 4 N–H and O–H groups in total. The lowest BCUT2D eigenvalue weighted by molar-refractivity contribution is 0.100. The Bertz CT molecular complexity index is 1360. The van der Waals surface area contributed by atoms with Crippen LogP contribution >= 0.6 is 0 Å². The number of aromatic amines is 2. The molecule has 5 heteroatoms. The first-order valence-corrected chi connectivity index (χ1v) is 9.07. The molecule has 0 aliphatic carbocycles. The minimum atomic E-state index is -0.457. The van der Waals surface area contributed by atoms with Crippen molar-refractivity contribution < 1.29 is 4.79 Å². The highest BCUT2D eigenvalue weighted by molar-refractivity contribution is 6.07. The van der Waals surface area contributed by atoms with E-state index in [0.717, 1.165) is 44.3 Å². The Morgan fingerprint density at radius 3 is 2.61 bits per heavy atom. The van der Waals surface area contributed by atoms with E-state index in [2.05, 4.69) is 40.1 Å². The highest BCUT2D eigenvalue weighted by Gasteiger charge is 2.19. The van der Waals surface area contributed by atoms with Gasteiger partial charge in [-0.3, -0.25) is 4.79 Å². The van der Waals surface area contributed by atoms with Crippen LogP contribution in [0.15, 0.2) is 67.0 Å². The largest absolute Gasteiger partial charge is 0.366 e. The van der Waals surface area contributed by atoms with E-state index in [1.807, 2.05) is 42.6 Å². The van der Waals surface area contributed by atoms with Crippen LogP contribution in [-0.4, -0.2) is 20.9 Å². The van der Waals surface area contributed by atoms with Gasteiger partial charge in [-0.25, -0.2) is 4.98 Å². The third kappa shape index (κ3) is 2.41. The Kier molecular flexibility index (Phi) is 3.55. The number of hydrogen-bond donors (Lipinski definition) is 3. The van der Waals surface area contributed by atoms with Crippen molar-refractivity contribution in [3.63, 3.8) is 0 Å². The number of fused-ring (bicyclic) bond motifs is 2. The van der Waals surface area contributed by atoms with Crippen LogP contribution in [0.2, 0.25) is 0 Å². The molecule has 0 unspecified atom stereocenters. The van der Waals surface area contributed by atoms with Gasteiger partial charge in [-0.1, -0.05) is 36.4 Å². The standard InChI is InChI=1S/C23H18N4O/c1-13-6-7-17(15-5-3-2-4-14(13)15)21-19(22(24)28)12-20(27-21)16-8-10-25-23-18(16)9-11-26-23/h2-12,27H,1H3,(H2,24,28)(H,25,26). The van der Waals surface area contributed by atoms with Crippen molar-refractivity contribution in [2.24, 2.45) is 5.73 Å². The molecular formula is C23H18N4O. The second-order valence-electron chi connectivity index (χ2n) is 6.91. The minimum absolute atomic E-state index is 0.457. The third-order valence-corrected chi connectivity index (χ3v) is 5.24. The number of rotatable bonds is 3. The Hall–Kier alpha value is -3.86. The number of aryl methyl sites for hydroxylation is 1. The zero-order valence-electron chi connectivity index (χ0n) is 15.3. The molecule has 0 atom stereocenters. The van der Waals surface area contributed by atoms with Gasteiger partial charge in [-0.05, 0) is 41.5 Å². The molecule has 0 aliphatic heterocycles. The molecule has 28 heavy (non-hydrogen) atoms. The van der Waals surface area contributed by atoms with Crippen LogP contribution < -0.4 is 5.73 Å². The molecule has 3 aromatic heterocycles. The molecule has 5 nitrogen and oxygen atoms in total. The molecule has 5 aromatic rings. The monoisotopic (exact) mass is 366 g/mol. The summed E-state index contributed by atoms with van der Waals surface area (Å²) in [6, 6.07) is 18.0. The van der Waals surface area contributed by atoms with Crippen LogP contribution in [0, 0.1) is 6.92 Å². The maximum Gasteiger partial charge on any atom is 0.250 e. The number of benzene rings is 2. The average molecular weight is 366 g/mol. The summed E-state index contributed by atoms with van der Waals surface area (Å²) >= 11 is 0. The number of carbonyl (C=O) groups is 1. The van der Waals surface area contributed by atoms with Crippen molar-refractivity contribution in [1.82, 2.24) is 15.0 Å². The Balaban J connectivity index is 1.79. The lowest BCUT2D eigenvalue weighted by Crippen LogP contribution is -2.11. The summed E-state index contributed by atoms with van der Waals surface area (Å²) in [6.45, 7) is 2.08. The van der Waals surface area contributed by atoms with Crippen LogP contribution in [0.25, 0.3) is 44.3 Å². The summed E-state index contributed by atoms with van der Waals surface area (Å²) in [4.78, 5) is 23.1. The SMILES string of the molecule is Cc1ccc(-c2[nH]c(-c3ccnc4[nH]ccc34)cc2C(N)=O)c2ccccc12. The first kappa shape index (κ1) is 16.3. The van der Waals surface area contributed by atoms with E-state index in [-0.39, 0.29) is 0 Å². The fourth-order valence-electron chi connectivity index (χ4n) is 3.87. The average Bonchev–Trinajstić information content (AvgIpc) is 3.35. The Labute approximate surface area is 161 Å². The quantitative estimate of drug-likeness (QED) is 0.429. The lowest BCUT2D eigenvalue weighted by Gasteiger charge is -2.09. The maximum atomic E-state index is 12.2. The fraction of sp³-hybridized carbons (Fsp3) is 0.0435. The topological polar surface area (TPSA) is 87.6 Å². The highest BCUT2D eigenvalue weighted by atomic mass is 16.1. The molecule has 1 amide bonds. The highest BCUT2D eigenvalue weighted by Crippen LogP contribution is 2.36. The zero-order chi connectivity index (χ0) is 19.3. The van der Waals surface area contributed by atoms with E-state index in [1.165, 1.54) is 5.56 Å². The maximum absolute atomic E-state index is 12.2. The first-order chi connectivity index (χ1) is 13.6. The predicted molar refractivity (Wildman–Crippen MR) is 112 cm³/mol. The van der Waals surface area contributed by atoms with E-state index in [1.54, 1.807) is 6.20 Å². The van der Waals surface area contributed by atoms with Gasteiger partial charge in [-0.15, -0.1) is 0 Å². The Morgan fingerprint density at radius 1 is 0.964 bits per heavy atom. The van der Waals surface area contributed by atoms with Crippen LogP contribution in [-0.2, 0) is 0 Å². The van der Waals surface area contributed by atoms with Crippen LogP contribution in [0.4, 0.5) is 0 Å². The summed E-state index contributed by atoms with van der Waals surface area (Å²) in [5, 5.41) is 3.23. The van der Waals surface area contributed by atoms with Gasteiger partial charge in [0, 0.05) is 34.6 Å². The van der Waals surface area contributed by atoms with Crippen molar-refractivity contribution in [3.05, 3.63) is 78.1 Å². The second-order valence-corrected chi connectivity index (χ2v) is 6.91. The van der Waals surface area contributed by atoms with Gasteiger partial charge in [0.25, 0.3) is 5.91 Å². The molecule has 0 radical (unpaired) electrons. The van der Waals surface area contributed by atoms with E-state index in [4.69, 9.17) is 5.73 Å². The van der Waals surface area contributed by atoms with Crippen molar-refractivity contribution >= 4 is 27.7 Å². The molecule has 0 aliphatic rings. The number of pyridine rings is 1. The van der Waals surface area contributed by atoms with Crippen LogP contribution in [0.3, 0.4) is 0 Å². The number of H-pyrrole nitrogens is 2. The second kappa shape index (κ2) is 6.09. The molecule has 5 rings (SSSR count). The van der Waals surface area contributed by atoms with Crippen LogP contribution in [0.5, 0.6) is 0 Å². The number of hydrogen-bond acceptors (Lipinski definition) is 2. The van der Waals surface area contributed by atoms with E-state index >= 15 is 0 Å². The summed E-state index contributed by atoms with van der Waals surface area (Å²) in [5.74, 6) is -0.457. The number of carbonyl (C=O) groups excluding carboxylic acids is 1. The number of nitrogens with zero attached hydrogens (tertiary/aromatic N) is 1. The third-order valence-electron chi connectivity index (χ3n) is 5.24. The first-order valence-electron chi connectivity index (χ1n) is 9.07. The molecule has 3 heterocycles. The summed E-state index contributed by atoms with van der Waals surface area (Å²) in [7, 11) is 0. The fourth-order valence-corrected chi connectivity index (χ4v) is 3.87. The predicted octanol–water partition coefficient (Wildman–Crippen LogP) is 4.79. The van der Waals surface area contributed by atoms with Crippen LogP contribution in [0.1, 0.15) is 15.9 Å². The Morgan fingerprint density at radius 2 is 1.79 bits per heavy atom. The molecular weight excluding hydrogens is 348 g/mol. The van der Waals surface area contributed by atoms with Crippen molar-refractivity contribution in [3.8, 4) is 22.5 Å². The van der Waals surface area contributed by atoms with Gasteiger partial charge in [-0.2, -0.15) is 0 Å². The number of nitrogens with two attached hydrogens (primary N) is 1. The summed E-state index contributed by atoms with van der Waals surface area (Å²) in [5.41, 5.74) is 11.7. The van der Waals surface area contributed by atoms with Crippen molar-refractivity contribution in [2.45, 2.75) is 6.92 Å². The van der Waals surface area contributed by atoms with Gasteiger partial charge in [0.15, 0.2) is 0 Å². The molecule has 0 fully saturated rings. The minimum Gasteiger partial charge on any atom is -0.366 e. The van der Waals surface area contributed by atoms with E-state index < -0.39 is 5.91 Å². The van der Waals surface area contributed by atoms with Gasteiger partial charge in [0.05, 0.1) is 11.3 Å². The van der Waals surface area contributed by atoms with Gasteiger partial charge in [0.1, 0.15) is 5.65 Å².